The van der Waals surface area contributed by atoms with Gasteiger partial charge in [-0.05, 0) is 40.5 Å². The number of H-pyrrole nitrogens is 1. The molecule has 5 heteroatoms. The van der Waals surface area contributed by atoms with Crippen LogP contribution in [-0.2, 0) is 0 Å². The van der Waals surface area contributed by atoms with E-state index in [9.17, 15) is 4.79 Å². The van der Waals surface area contributed by atoms with Crippen molar-refractivity contribution in [3.8, 4) is 0 Å². The standard InChI is InChI=1S/C10H9BrN2O2/c1-4-5-2-7(12)6(11)3-8(5)13-9(4)10(14)15/h2-3,13H,12H2,1H3,(H,14,15). The van der Waals surface area contributed by atoms with Crippen molar-refractivity contribution >= 4 is 38.5 Å². The van der Waals surface area contributed by atoms with Crippen molar-refractivity contribution in [3.63, 3.8) is 0 Å². The van der Waals surface area contributed by atoms with Gasteiger partial charge in [0.1, 0.15) is 5.69 Å². The minimum Gasteiger partial charge on any atom is -0.477 e. The highest BCUT2D eigenvalue weighted by atomic mass is 79.9. The number of nitrogen functional groups attached to an aromatic ring is 1. The van der Waals surface area contributed by atoms with Crippen LogP contribution in [-0.4, -0.2) is 16.1 Å². The molecule has 0 atom stereocenters. The van der Waals surface area contributed by atoms with Gasteiger partial charge in [-0.1, -0.05) is 0 Å². The number of fused-ring (bicyclic) bond motifs is 1. The van der Waals surface area contributed by atoms with Crippen LogP contribution in [0.25, 0.3) is 10.9 Å². The first-order valence-electron chi connectivity index (χ1n) is 4.31. The van der Waals surface area contributed by atoms with Crippen LogP contribution < -0.4 is 5.73 Å². The maximum atomic E-state index is 10.9. The molecule has 0 aliphatic heterocycles. The van der Waals surface area contributed by atoms with Gasteiger partial charge in [-0.2, -0.15) is 0 Å². The maximum Gasteiger partial charge on any atom is 0.352 e. The number of halogens is 1. The van der Waals surface area contributed by atoms with Gasteiger partial charge < -0.3 is 15.8 Å². The summed E-state index contributed by atoms with van der Waals surface area (Å²) in [6, 6.07) is 3.54. The van der Waals surface area contributed by atoms with Gasteiger partial charge >= 0.3 is 5.97 Å². The Labute approximate surface area is 94.2 Å². The van der Waals surface area contributed by atoms with Crippen LogP contribution in [0.3, 0.4) is 0 Å². The lowest BCUT2D eigenvalue weighted by Crippen LogP contribution is -1.97. The molecule has 15 heavy (non-hydrogen) atoms. The Hall–Kier alpha value is -1.49. The summed E-state index contributed by atoms with van der Waals surface area (Å²) in [6.07, 6.45) is 0. The third kappa shape index (κ3) is 1.48. The van der Waals surface area contributed by atoms with Crippen LogP contribution >= 0.6 is 15.9 Å². The van der Waals surface area contributed by atoms with Crippen LogP contribution in [0.5, 0.6) is 0 Å². The molecular weight excluding hydrogens is 260 g/mol. The summed E-state index contributed by atoms with van der Waals surface area (Å²) < 4.78 is 0.758. The molecule has 1 aromatic heterocycles. The highest BCUT2D eigenvalue weighted by molar-refractivity contribution is 9.10. The maximum absolute atomic E-state index is 10.9. The number of aryl methyl sites for hydroxylation is 1. The molecule has 0 saturated heterocycles. The van der Waals surface area contributed by atoms with Crippen LogP contribution in [0.1, 0.15) is 16.1 Å². The van der Waals surface area contributed by atoms with Gasteiger partial charge in [-0.3, -0.25) is 0 Å². The lowest BCUT2D eigenvalue weighted by molar-refractivity contribution is 0.0691. The minimum absolute atomic E-state index is 0.211. The number of hydrogen-bond donors (Lipinski definition) is 3. The number of carbonyl (C=O) groups is 1. The molecule has 0 unspecified atom stereocenters. The quantitative estimate of drug-likeness (QED) is 0.696. The number of aromatic carboxylic acids is 1. The van der Waals surface area contributed by atoms with Crippen molar-refractivity contribution in [3.05, 3.63) is 27.9 Å². The van der Waals surface area contributed by atoms with E-state index >= 15 is 0 Å². The number of aromatic amines is 1. The molecule has 1 heterocycles. The first-order chi connectivity index (χ1) is 7.00. The molecule has 4 nitrogen and oxygen atoms in total. The molecule has 0 spiro atoms. The molecule has 0 aliphatic carbocycles. The van der Waals surface area contributed by atoms with Gasteiger partial charge in [0.2, 0.25) is 0 Å². The highest BCUT2D eigenvalue weighted by Crippen LogP contribution is 2.29. The fourth-order valence-electron chi connectivity index (χ4n) is 1.58. The van der Waals surface area contributed by atoms with Crippen LogP contribution in [0, 0.1) is 6.92 Å². The first-order valence-corrected chi connectivity index (χ1v) is 5.10. The number of benzene rings is 1. The molecule has 0 fully saturated rings. The monoisotopic (exact) mass is 268 g/mol. The summed E-state index contributed by atoms with van der Waals surface area (Å²) in [5, 5.41) is 9.77. The first kappa shape index (κ1) is 10.0. The lowest BCUT2D eigenvalue weighted by Gasteiger charge is -1.98. The molecular formula is C10H9BrN2O2. The number of nitrogens with two attached hydrogens (primary N) is 1. The van der Waals surface area contributed by atoms with E-state index in [4.69, 9.17) is 10.8 Å². The molecule has 0 saturated carbocycles. The number of aromatic nitrogens is 1. The van der Waals surface area contributed by atoms with Gasteiger partial charge in [0.25, 0.3) is 0 Å². The van der Waals surface area contributed by atoms with E-state index < -0.39 is 5.97 Å². The summed E-state index contributed by atoms with van der Waals surface area (Å²) in [7, 11) is 0. The van der Waals surface area contributed by atoms with Crippen molar-refractivity contribution in [1.29, 1.82) is 0 Å². The van der Waals surface area contributed by atoms with Gasteiger partial charge in [0.05, 0.1) is 0 Å². The van der Waals surface area contributed by atoms with E-state index in [1.807, 2.05) is 0 Å². The van der Waals surface area contributed by atoms with Crippen molar-refractivity contribution in [1.82, 2.24) is 4.98 Å². The molecule has 2 rings (SSSR count). The van der Waals surface area contributed by atoms with E-state index in [0.29, 0.717) is 11.3 Å². The van der Waals surface area contributed by atoms with Gasteiger partial charge in [-0.15, -0.1) is 0 Å². The number of anilines is 1. The molecule has 0 radical (unpaired) electrons. The smallest absolute Gasteiger partial charge is 0.352 e. The third-order valence-electron chi connectivity index (χ3n) is 2.39. The van der Waals surface area contributed by atoms with Crippen LogP contribution in [0.2, 0.25) is 0 Å². The van der Waals surface area contributed by atoms with E-state index in [1.165, 1.54) is 0 Å². The summed E-state index contributed by atoms with van der Waals surface area (Å²) in [5.41, 5.74) is 8.02. The Morgan fingerprint density at radius 1 is 1.53 bits per heavy atom. The third-order valence-corrected chi connectivity index (χ3v) is 3.08. The zero-order valence-electron chi connectivity index (χ0n) is 7.97. The normalized spacial score (nSPS) is 10.8. The summed E-state index contributed by atoms with van der Waals surface area (Å²) in [5.74, 6) is -0.960. The summed E-state index contributed by atoms with van der Waals surface area (Å²) in [6.45, 7) is 1.76. The minimum atomic E-state index is -0.960. The number of carboxylic acids is 1. The number of carboxylic acid groups (broad SMARTS) is 1. The average Bonchev–Trinajstić information content (AvgIpc) is 2.46. The van der Waals surface area contributed by atoms with Gasteiger partial charge in [0.15, 0.2) is 0 Å². The lowest BCUT2D eigenvalue weighted by atomic mass is 10.1. The highest BCUT2D eigenvalue weighted by Gasteiger charge is 2.14. The SMILES string of the molecule is Cc1c(C(=O)O)[nH]c2cc(Br)c(N)cc12. The predicted molar refractivity (Wildman–Crippen MR) is 62.1 cm³/mol. The topological polar surface area (TPSA) is 79.1 Å². The molecule has 0 bridgehead atoms. The second-order valence-electron chi connectivity index (χ2n) is 3.35. The second kappa shape index (κ2) is 3.27. The second-order valence-corrected chi connectivity index (χ2v) is 4.20. The Morgan fingerprint density at radius 3 is 2.80 bits per heavy atom. The van der Waals surface area contributed by atoms with Crippen molar-refractivity contribution in [2.45, 2.75) is 6.92 Å². The van der Waals surface area contributed by atoms with E-state index in [2.05, 4.69) is 20.9 Å². The zero-order valence-corrected chi connectivity index (χ0v) is 9.55. The fourth-order valence-corrected chi connectivity index (χ4v) is 1.92. The Morgan fingerprint density at radius 2 is 2.20 bits per heavy atom. The van der Waals surface area contributed by atoms with Crippen LogP contribution in [0.15, 0.2) is 16.6 Å². The molecule has 0 amide bonds. The van der Waals surface area contributed by atoms with Gasteiger partial charge in [0, 0.05) is 21.1 Å². The number of hydrogen-bond acceptors (Lipinski definition) is 2. The Bertz CT molecular complexity index is 560. The number of nitrogens with one attached hydrogen (secondary N) is 1. The van der Waals surface area contributed by atoms with E-state index in [1.54, 1.807) is 19.1 Å². The summed E-state index contributed by atoms with van der Waals surface area (Å²) >= 11 is 3.29. The van der Waals surface area contributed by atoms with E-state index in [-0.39, 0.29) is 5.69 Å². The largest absolute Gasteiger partial charge is 0.477 e. The van der Waals surface area contributed by atoms with Crippen molar-refractivity contribution in [2.24, 2.45) is 0 Å². The van der Waals surface area contributed by atoms with Crippen molar-refractivity contribution in [2.75, 3.05) is 5.73 Å². The summed E-state index contributed by atoms with van der Waals surface area (Å²) in [4.78, 5) is 13.7. The zero-order chi connectivity index (χ0) is 11.2. The number of rotatable bonds is 1. The van der Waals surface area contributed by atoms with Crippen molar-refractivity contribution < 1.29 is 9.90 Å². The van der Waals surface area contributed by atoms with E-state index in [0.717, 1.165) is 15.4 Å². The molecule has 0 aliphatic rings. The molecule has 1 aromatic carbocycles. The Kier molecular flexibility index (Phi) is 2.19. The molecule has 2 aromatic rings. The predicted octanol–water partition coefficient (Wildman–Crippen LogP) is 2.52. The molecule has 78 valence electrons. The van der Waals surface area contributed by atoms with Gasteiger partial charge in [-0.25, -0.2) is 4.79 Å². The Balaban J connectivity index is 2.83. The average molecular weight is 269 g/mol. The molecule has 4 N–H and O–H groups in total. The van der Waals surface area contributed by atoms with Crippen LogP contribution in [0.4, 0.5) is 5.69 Å². The fraction of sp³-hybridized carbons (Fsp3) is 0.100.